The number of nitrogens with two attached hydrogens (primary N) is 1. The molecule has 1 saturated heterocycles. The van der Waals surface area contributed by atoms with E-state index in [0.29, 0.717) is 30.3 Å². The first-order valence-electron chi connectivity index (χ1n) is 10.6. The fraction of sp³-hybridized carbons (Fsp3) is 0.240. The van der Waals surface area contributed by atoms with Gasteiger partial charge in [0.05, 0.1) is 34.6 Å². The van der Waals surface area contributed by atoms with Gasteiger partial charge >= 0.3 is 0 Å². The van der Waals surface area contributed by atoms with Gasteiger partial charge in [0, 0.05) is 42.1 Å². The summed E-state index contributed by atoms with van der Waals surface area (Å²) in [6.07, 6.45) is 5.57. The molecule has 1 aliphatic heterocycles. The monoisotopic (exact) mass is 462 g/mol. The third kappa shape index (κ3) is 5.53. The normalized spacial score (nSPS) is 17.3. The van der Waals surface area contributed by atoms with Gasteiger partial charge in [-0.15, -0.1) is 0 Å². The summed E-state index contributed by atoms with van der Waals surface area (Å²) in [5.74, 6) is 0. The van der Waals surface area contributed by atoms with Crippen molar-refractivity contribution >= 4 is 27.3 Å². The van der Waals surface area contributed by atoms with Crippen LogP contribution in [0.15, 0.2) is 70.7 Å². The largest absolute Gasteiger partial charge is 0.396 e. The highest BCUT2D eigenvalue weighted by Crippen LogP contribution is 2.26. The van der Waals surface area contributed by atoms with Crippen LogP contribution in [0.5, 0.6) is 0 Å². The third-order valence-corrected chi connectivity index (χ3v) is 6.55. The molecular formula is C25H26N4O3S. The van der Waals surface area contributed by atoms with Crippen LogP contribution in [0, 0.1) is 6.92 Å². The van der Waals surface area contributed by atoms with Crippen molar-refractivity contribution in [3.05, 3.63) is 77.7 Å². The molecule has 2 N–H and O–H groups in total. The molecule has 0 aliphatic carbocycles. The summed E-state index contributed by atoms with van der Waals surface area (Å²) < 4.78 is 29.0. The SMILES string of the molecule is Cc1cccc(C(N)=C(C=N[C@H]2CCOC2)c2ccnc(-c3ccc(S(C)(=O)=O)cc3)c2)n1. The Bertz CT molecular complexity index is 1310. The van der Waals surface area contributed by atoms with Crippen LogP contribution in [0.2, 0.25) is 0 Å². The summed E-state index contributed by atoms with van der Waals surface area (Å²) >= 11 is 0. The van der Waals surface area contributed by atoms with E-state index in [0.717, 1.165) is 28.8 Å². The predicted octanol–water partition coefficient (Wildman–Crippen LogP) is 3.54. The van der Waals surface area contributed by atoms with Gasteiger partial charge in [-0.2, -0.15) is 0 Å². The maximum Gasteiger partial charge on any atom is 0.175 e. The van der Waals surface area contributed by atoms with Crippen LogP contribution in [-0.2, 0) is 14.6 Å². The van der Waals surface area contributed by atoms with Gasteiger partial charge in [0.2, 0.25) is 0 Å². The fourth-order valence-electron chi connectivity index (χ4n) is 3.58. The molecule has 1 aliphatic rings. The Morgan fingerprint density at radius 2 is 1.97 bits per heavy atom. The Morgan fingerprint density at radius 3 is 2.64 bits per heavy atom. The molecule has 1 atom stereocenters. The molecule has 3 aromatic rings. The lowest BCUT2D eigenvalue weighted by Gasteiger charge is -2.11. The van der Waals surface area contributed by atoms with Gasteiger partial charge in [0.1, 0.15) is 0 Å². The number of ether oxygens (including phenoxy) is 1. The number of benzene rings is 1. The molecule has 1 aromatic carbocycles. The van der Waals surface area contributed by atoms with Gasteiger partial charge in [-0.25, -0.2) is 8.42 Å². The maximum absolute atomic E-state index is 11.8. The third-order valence-electron chi connectivity index (χ3n) is 5.42. The maximum atomic E-state index is 11.8. The smallest absolute Gasteiger partial charge is 0.175 e. The van der Waals surface area contributed by atoms with Crippen molar-refractivity contribution in [2.24, 2.45) is 10.7 Å². The number of sulfone groups is 1. The van der Waals surface area contributed by atoms with Gasteiger partial charge in [0.15, 0.2) is 9.84 Å². The Kier molecular flexibility index (Phi) is 6.67. The van der Waals surface area contributed by atoms with Crippen molar-refractivity contribution in [1.29, 1.82) is 0 Å². The number of rotatable bonds is 6. The zero-order valence-electron chi connectivity index (χ0n) is 18.6. The van der Waals surface area contributed by atoms with Crippen LogP contribution in [0.1, 0.15) is 23.4 Å². The molecule has 0 radical (unpaired) electrons. The summed E-state index contributed by atoms with van der Waals surface area (Å²) in [5.41, 5.74) is 11.8. The first-order valence-corrected chi connectivity index (χ1v) is 12.5. The zero-order chi connectivity index (χ0) is 23.4. The highest BCUT2D eigenvalue weighted by Gasteiger charge is 2.16. The summed E-state index contributed by atoms with van der Waals surface area (Å²) in [7, 11) is -3.26. The molecule has 8 heteroatoms. The lowest BCUT2D eigenvalue weighted by atomic mass is 10.0. The van der Waals surface area contributed by atoms with E-state index in [4.69, 9.17) is 15.5 Å². The van der Waals surface area contributed by atoms with E-state index in [2.05, 4.69) is 9.97 Å². The van der Waals surface area contributed by atoms with E-state index in [1.54, 1.807) is 36.7 Å². The Labute approximate surface area is 194 Å². The summed E-state index contributed by atoms with van der Waals surface area (Å²) in [6.45, 7) is 3.23. The second kappa shape index (κ2) is 9.64. The zero-order valence-corrected chi connectivity index (χ0v) is 19.4. The molecule has 4 rings (SSSR count). The highest BCUT2D eigenvalue weighted by atomic mass is 32.2. The second-order valence-corrected chi connectivity index (χ2v) is 10.0. The van der Waals surface area contributed by atoms with E-state index in [1.807, 2.05) is 37.3 Å². The van der Waals surface area contributed by atoms with Crippen molar-refractivity contribution < 1.29 is 13.2 Å². The number of hydrogen-bond acceptors (Lipinski definition) is 7. The van der Waals surface area contributed by atoms with Crippen molar-refractivity contribution in [1.82, 2.24) is 9.97 Å². The van der Waals surface area contributed by atoms with Crippen LogP contribution < -0.4 is 5.73 Å². The molecule has 0 amide bonds. The summed E-state index contributed by atoms with van der Waals surface area (Å²) in [4.78, 5) is 14.0. The molecule has 3 heterocycles. The number of pyridine rings is 2. The minimum Gasteiger partial charge on any atom is -0.396 e. The van der Waals surface area contributed by atoms with Crippen molar-refractivity contribution in [3.8, 4) is 11.3 Å². The molecule has 0 saturated carbocycles. The molecular weight excluding hydrogens is 436 g/mol. The number of nitrogens with zero attached hydrogens (tertiary/aromatic N) is 3. The van der Waals surface area contributed by atoms with E-state index in [9.17, 15) is 8.42 Å². The molecule has 7 nitrogen and oxygen atoms in total. The average molecular weight is 463 g/mol. The van der Waals surface area contributed by atoms with Crippen LogP contribution in [-0.4, -0.2) is 50.1 Å². The molecule has 1 fully saturated rings. The van der Waals surface area contributed by atoms with Gasteiger partial charge in [-0.3, -0.25) is 15.0 Å². The van der Waals surface area contributed by atoms with E-state index < -0.39 is 9.84 Å². The second-order valence-electron chi connectivity index (χ2n) is 8.01. The standard InChI is InChI=1S/C25H26N4O3S/c1-17-4-3-5-23(29-17)25(26)22(15-28-20-11-13-32-16-20)19-10-12-27-24(14-19)18-6-8-21(9-7-18)33(2,30)31/h3-10,12,14-15,20H,11,13,16,26H2,1-2H3/t20-/m0/s1. The fourth-order valence-corrected chi connectivity index (χ4v) is 4.21. The lowest BCUT2D eigenvalue weighted by Crippen LogP contribution is -2.08. The minimum absolute atomic E-state index is 0.100. The number of allylic oxidation sites excluding steroid dienone is 1. The van der Waals surface area contributed by atoms with E-state index in [1.165, 1.54) is 6.26 Å². The van der Waals surface area contributed by atoms with Gasteiger partial charge in [0.25, 0.3) is 0 Å². The van der Waals surface area contributed by atoms with E-state index in [-0.39, 0.29) is 10.9 Å². The molecule has 0 unspecified atom stereocenters. The first-order chi connectivity index (χ1) is 15.8. The lowest BCUT2D eigenvalue weighted by molar-refractivity contribution is 0.194. The number of aromatic nitrogens is 2. The minimum atomic E-state index is -3.26. The molecule has 33 heavy (non-hydrogen) atoms. The van der Waals surface area contributed by atoms with Crippen LogP contribution >= 0.6 is 0 Å². The quantitative estimate of drug-likeness (QED) is 0.562. The highest BCUT2D eigenvalue weighted by molar-refractivity contribution is 7.90. The van der Waals surface area contributed by atoms with Crippen molar-refractivity contribution in [3.63, 3.8) is 0 Å². The van der Waals surface area contributed by atoms with Crippen LogP contribution in [0.3, 0.4) is 0 Å². The van der Waals surface area contributed by atoms with Gasteiger partial charge in [-0.05, 0) is 55.3 Å². The van der Waals surface area contributed by atoms with Crippen LogP contribution in [0.4, 0.5) is 0 Å². The number of aliphatic imine (C=N–C) groups is 1. The average Bonchev–Trinajstić information content (AvgIpc) is 3.32. The number of aryl methyl sites for hydroxylation is 1. The van der Waals surface area contributed by atoms with Crippen LogP contribution in [0.25, 0.3) is 22.5 Å². The van der Waals surface area contributed by atoms with Crippen molar-refractivity contribution in [2.75, 3.05) is 19.5 Å². The number of hydrogen-bond donors (Lipinski definition) is 1. The predicted molar refractivity (Wildman–Crippen MR) is 130 cm³/mol. The molecule has 2 aromatic heterocycles. The summed E-state index contributed by atoms with van der Waals surface area (Å²) in [6, 6.07) is 16.3. The van der Waals surface area contributed by atoms with E-state index >= 15 is 0 Å². The van der Waals surface area contributed by atoms with Gasteiger partial charge < -0.3 is 10.5 Å². The topological polar surface area (TPSA) is 108 Å². The first kappa shape index (κ1) is 22.8. The Balaban J connectivity index is 1.76. The molecule has 170 valence electrons. The molecule has 0 bridgehead atoms. The van der Waals surface area contributed by atoms with Crippen molar-refractivity contribution in [2.45, 2.75) is 24.3 Å². The van der Waals surface area contributed by atoms with Gasteiger partial charge in [-0.1, -0.05) is 18.2 Å². The molecule has 0 spiro atoms. The Hall–Kier alpha value is -3.36. The summed E-state index contributed by atoms with van der Waals surface area (Å²) in [5, 5.41) is 0. The Morgan fingerprint density at radius 1 is 1.18 bits per heavy atom.